The average molecular weight is 379 g/mol. The molecule has 2 rings (SSSR count). The van der Waals surface area contributed by atoms with Gasteiger partial charge in [-0.25, -0.2) is 8.42 Å². The van der Waals surface area contributed by atoms with E-state index in [1.807, 2.05) is 6.92 Å². The van der Waals surface area contributed by atoms with E-state index in [1.54, 1.807) is 31.2 Å². The third kappa shape index (κ3) is 4.59. The normalized spacial score (nSPS) is 20.2. The Morgan fingerprint density at radius 2 is 1.92 bits per heavy atom. The Hall–Kier alpha value is -1.99. The Bertz CT molecular complexity index is 783. The van der Waals surface area contributed by atoms with Crippen molar-refractivity contribution in [2.75, 3.05) is 19.7 Å². The first-order valence-corrected chi connectivity index (χ1v) is 10.1. The fourth-order valence-corrected chi connectivity index (χ4v) is 4.43. The summed E-state index contributed by atoms with van der Waals surface area (Å²) in [6.07, 6.45) is 1.27. The van der Waals surface area contributed by atoms with Gasteiger partial charge in [-0.15, -0.1) is 0 Å². The van der Waals surface area contributed by atoms with Crippen LogP contribution in [0.1, 0.15) is 31.7 Å². The highest BCUT2D eigenvalue weighted by Gasteiger charge is 2.34. The summed E-state index contributed by atoms with van der Waals surface area (Å²) in [4.78, 5) is 24.8. The van der Waals surface area contributed by atoms with Gasteiger partial charge in [-0.3, -0.25) is 9.59 Å². The molecular formula is C19H25NO5S. The number of hydrogen-bond donors (Lipinski definition) is 0. The maximum Gasteiger partial charge on any atom is 0.320 e. The summed E-state index contributed by atoms with van der Waals surface area (Å²) in [5, 5.41) is 0. The molecule has 142 valence electrons. The van der Waals surface area contributed by atoms with Crippen LogP contribution in [0.15, 0.2) is 41.3 Å². The summed E-state index contributed by atoms with van der Waals surface area (Å²) >= 11 is 0. The molecule has 1 aromatic carbocycles. The lowest BCUT2D eigenvalue weighted by Crippen LogP contribution is -2.37. The summed E-state index contributed by atoms with van der Waals surface area (Å²) in [7, 11) is -3.74. The van der Waals surface area contributed by atoms with Crippen molar-refractivity contribution in [3.8, 4) is 0 Å². The Morgan fingerprint density at radius 1 is 1.27 bits per heavy atom. The number of ether oxygens (including phenoxy) is 1. The fraction of sp³-hybridized carbons (Fsp3) is 0.474. The Kier molecular flexibility index (Phi) is 6.72. The minimum atomic E-state index is -3.74. The quantitative estimate of drug-likeness (QED) is 0.456. The van der Waals surface area contributed by atoms with Crippen molar-refractivity contribution < 1.29 is 22.7 Å². The van der Waals surface area contributed by atoms with Crippen molar-refractivity contribution in [2.45, 2.75) is 38.0 Å². The van der Waals surface area contributed by atoms with Crippen LogP contribution in [0.5, 0.6) is 0 Å². The zero-order valence-corrected chi connectivity index (χ0v) is 16.0. The Balaban J connectivity index is 2.32. The molecule has 0 N–H and O–H groups in total. The number of nitrogens with zero attached hydrogens (tertiary/aromatic N) is 1. The Labute approximate surface area is 154 Å². The molecule has 0 amide bonds. The molecule has 0 radical (unpaired) electrons. The van der Waals surface area contributed by atoms with Crippen LogP contribution >= 0.6 is 0 Å². The van der Waals surface area contributed by atoms with E-state index in [-0.39, 0.29) is 42.4 Å². The number of carbonyl (C=O) groups excluding carboxylic acids is 2. The van der Waals surface area contributed by atoms with Gasteiger partial charge in [-0.05, 0) is 44.4 Å². The number of sulfonamides is 1. The molecule has 0 saturated carbocycles. The van der Waals surface area contributed by atoms with Gasteiger partial charge in [-0.1, -0.05) is 24.3 Å². The Morgan fingerprint density at radius 3 is 2.54 bits per heavy atom. The molecule has 26 heavy (non-hydrogen) atoms. The first-order chi connectivity index (χ1) is 12.3. The maximum absolute atomic E-state index is 13.0. The number of rotatable bonds is 4. The molecule has 0 aliphatic carbocycles. The highest BCUT2D eigenvalue weighted by atomic mass is 32.2. The first kappa shape index (κ1) is 20.3. The van der Waals surface area contributed by atoms with E-state index in [1.165, 1.54) is 4.31 Å². The summed E-state index contributed by atoms with van der Waals surface area (Å²) < 4.78 is 32.3. The highest BCUT2D eigenvalue weighted by molar-refractivity contribution is 7.89. The van der Waals surface area contributed by atoms with Crippen LogP contribution in [0, 0.1) is 12.8 Å². The van der Waals surface area contributed by atoms with E-state index in [4.69, 9.17) is 4.74 Å². The number of carbonyl (C=O) groups is 2. The standard InChI is InChI=1S/C19H25NO5S/c1-4-25-19(22)18-15(3)13-20(12-6-5-7-17(18)21)26(23,24)16-10-8-14(2)9-11-16/h8-11,18H,3-7,12-13H2,1-2H3. The topological polar surface area (TPSA) is 80.8 Å². The third-order valence-electron chi connectivity index (χ3n) is 4.37. The average Bonchev–Trinajstić information content (AvgIpc) is 2.64. The zero-order chi connectivity index (χ0) is 19.3. The van der Waals surface area contributed by atoms with Crippen LogP contribution in [0.25, 0.3) is 0 Å². The van der Waals surface area contributed by atoms with E-state index < -0.39 is 21.9 Å². The SMILES string of the molecule is C=C1CN(S(=O)(=O)c2ccc(C)cc2)CCCCC(=O)C1C(=O)OCC. The molecule has 1 heterocycles. The number of Topliss-reactive ketones (excluding diaryl/α,β-unsaturated/α-hetero) is 1. The lowest BCUT2D eigenvalue weighted by molar-refractivity contribution is -0.150. The highest BCUT2D eigenvalue weighted by Crippen LogP contribution is 2.24. The van der Waals surface area contributed by atoms with Crippen LogP contribution in [0.2, 0.25) is 0 Å². The van der Waals surface area contributed by atoms with Crippen LogP contribution in [-0.2, 0) is 24.3 Å². The molecule has 0 bridgehead atoms. The minimum absolute atomic E-state index is 0.0779. The van der Waals surface area contributed by atoms with Crippen LogP contribution in [0.3, 0.4) is 0 Å². The van der Waals surface area contributed by atoms with Gasteiger partial charge in [0.15, 0.2) is 5.78 Å². The smallest absolute Gasteiger partial charge is 0.320 e. The van der Waals surface area contributed by atoms with Crippen molar-refractivity contribution in [1.82, 2.24) is 4.31 Å². The maximum atomic E-state index is 13.0. The monoisotopic (exact) mass is 379 g/mol. The third-order valence-corrected chi connectivity index (χ3v) is 6.23. The van der Waals surface area contributed by atoms with E-state index in [0.717, 1.165) is 5.56 Å². The van der Waals surface area contributed by atoms with E-state index in [2.05, 4.69) is 6.58 Å². The number of benzene rings is 1. The van der Waals surface area contributed by atoms with Crippen molar-refractivity contribution >= 4 is 21.8 Å². The van der Waals surface area contributed by atoms with Gasteiger partial charge in [-0.2, -0.15) is 4.31 Å². The second-order valence-electron chi connectivity index (χ2n) is 6.42. The molecule has 6 nitrogen and oxygen atoms in total. The van der Waals surface area contributed by atoms with Crippen LogP contribution in [0.4, 0.5) is 0 Å². The van der Waals surface area contributed by atoms with Crippen LogP contribution < -0.4 is 0 Å². The molecule has 1 saturated heterocycles. The second kappa shape index (κ2) is 8.60. The largest absolute Gasteiger partial charge is 0.465 e. The number of aryl methyl sites for hydroxylation is 1. The molecule has 7 heteroatoms. The molecule has 1 unspecified atom stereocenters. The first-order valence-electron chi connectivity index (χ1n) is 8.71. The molecule has 1 aliphatic rings. The van der Waals surface area contributed by atoms with Crippen molar-refractivity contribution in [2.24, 2.45) is 5.92 Å². The van der Waals surface area contributed by atoms with Gasteiger partial charge >= 0.3 is 5.97 Å². The predicted octanol–water partition coefficient (Wildman–Crippen LogP) is 2.47. The van der Waals surface area contributed by atoms with Gasteiger partial charge in [0.05, 0.1) is 11.5 Å². The van der Waals surface area contributed by atoms with Crippen molar-refractivity contribution in [3.05, 3.63) is 42.0 Å². The molecular weight excluding hydrogens is 354 g/mol. The molecule has 1 aliphatic heterocycles. The molecule has 1 atom stereocenters. The predicted molar refractivity (Wildman–Crippen MR) is 98.1 cm³/mol. The minimum Gasteiger partial charge on any atom is -0.465 e. The lowest BCUT2D eigenvalue weighted by Gasteiger charge is -2.24. The fourth-order valence-electron chi connectivity index (χ4n) is 2.94. The van der Waals surface area contributed by atoms with Gasteiger partial charge < -0.3 is 4.74 Å². The van der Waals surface area contributed by atoms with E-state index >= 15 is 0 Å². The zero-order valence-electron chi connectivity index (χ0n) is 15.2. The van der Waals surface area contributed by atoms with Crippen LogP contribution in [-0.4, -0.2) is 44.2 Å². The van der Waals surface area contributed by atoms with E-state index in [9.17, 15) is 18.0 Å². The number of esters is 1. The van der Waals surface area contributed by atoms with Gasteiger partial charge in [0.25, 0.3) is 0 Å². The number of hydrogen-bond acceptors (Lipinski definition) is 5. The van der Waals surface area contributed by atoms with Crippen molar-refractivity contribution in [3.63, 3.8) is 0 Å². The van der Waals surface area contributed by atoms with E-state index in [0.29, 0.717) is 12.8 Å². The molecule has 1 fully saturated rings. The van der Waals surface area contributed by atoms with Gasteiger partial charge in [0, 0.05) is 19.5 Å². The second-order valence-corrected chi connectivity index (χ2v) is 8.36. The summed E-state index contributed by atoms with van der Waals surface area (Å²) in [5.41, 5.74) is 1.22. The summed E-state index contributed by atoms with van der Waals surface area (Å²) in [6, 6.07) is 6.61. The van der Waals surface area contributed by atoms with Crippen molar-refractivity contribution in [1.29, 1.82) is 0 Å². The number of ketones is 1. The molecule has 0 spiro atoms. The molecule has 0 aromatic heterocycles. The summed E-state index contributed by atoms with van der Waals surface area (Å²) in [5.74, 6) is -2.02. The lowest BCUT2D eigenvalue weighted by atomic mass is 9.93. The molecule has 1 aromatic rings. The van der Waals surface area contributed by atoms with Gasteiger partial charge in [0.1, 0.15) is 5.92 Å². The summed E-state index contributed by atoms with van der Waals surface area (Å²) in [6.45, 7) is 7.73. The van der Waals surface area contributed by atoms with Gasteiger partial charge in [0.2, 0.25) is 10.0 Å².